The largest absolute Gasteiger partial charge is 0.450 e. The maximum absolute atomic E-state index is 12.8. The summed E-state index contributed by atoms with van der Waals surface area (Å²) in [7, 11) is 0. The van der Waals surface area contributed by atoms with E-state index in [1.807, 2.05) is 0 Å². The van der Waals surface area contributed by atoms with Crippen LogP contribution in [0.4, 0.5) is 13.2 Å². The van der Waals surface area contributed by atoms with Crippen molar-refractivity contribution in [3.05, 3.63) is 47.5 Å². The minimum absolute atomic E-state index is 0.132. The summed E-state index contributed by atoms with van der Waals surface area (Å²) >= 11 is 0. The van der Waals surface area contributed by atoms with Gasteiger partial charge in [0.05, 0.1) is 6.20 Å². The van der Waals surface area contributed by atoms with Gasteiger partial charge in [0.15, 0.2) is 6.29 Å². The van der Waals surface area contributed by atoms with Gasteiger partial charge in [0.25, 0.3) is 0 Å². The second-order valence-electron chi connectivity index (χ2n) is 3.80. The zero-order valence-corrected chi connectivity index (χ0v) is 9.40. The molecule has 1 aromatic heterocycles. The number of hydrogen-bond donors (Lipinski definition) is 0. The zero-order chi connectivity index (χ0) is 13.3. The van der Waals surface area contributed by atoms with E-state index in [2.05, 4.69) is 4.98 Å². The van der Waals surface area contributed by atoms with E-state index in [4.69, 9.17) is 0 Å². The van der Waals surface area contributed by atoms with E-state index < -0.39 is 12.0 Å². The van der Waals surface area contributed by atoms with Gasteiger partial charge in [-0.1, -0.05) is 12.1 Å². The van der Waals surface area contributed by atoms with Gasteiger partial charge in [-0.2, -0.15) is 13.2 Å². The SMILES string of the molecule is Cc1cccc(-n2c(C=O)cnc2C(F)(F)F)c1. The van der Waals surface area contributed by atoms with Crippen LogP contribution in [-0.2, 0) is 6.18 Å². The molecule has 0 bridgehead atoms. The maximum Gasteiger partial charge on any atom is 0.450 e. The smallest absolute Gasteiger partial charge is 0.296 e. The molecular weight excluding hydrogens is 245 g/mol. The van der Waals surface area contributed by atoms with Crippen molar-refractivity contribution in [1.29, 1.82) is 0 Å². The molecule has 2 rings (SSSR count). The van der Waals surface area contributed by atoms with Crippen molar-refractivity contribution in [2.45, 2.75) is 13.1 Å². The Balaban J connectivity index is 2.68. The van der Waals surface area contributed by atoms with Gasteiger partial charge in [-0.05, 0) is 24.6 Å². The molecule has 3 nitrogen and oxygen atoms in total. The lowest BCUT2D eigenvalue weighted by atomic mass is 10.2. The zero-order valence-electron chi connectivity index (χ0n) is 9.40. The second kappa shape index (κ2) is 4.29. The first-order chi connectivity index (χ1) is 8.43. The van der Waals surface area contributed by atoms with Crippen molar-refractivity contribution in [1.82, 2.24) is 9.55 Å². The van der Waals surface area contributed by atoms with Gasteiger partial charge in [-0.25, -0.2) is 4.98 Å². The minimum atomic E-state index is -4.61. The number of hydrogen-bond acceptors (Lipinski definition) is 2. The lowest BCUT2D eigenvalue weighted by Gasteiger charge is -2.12. The van der Waals surface area contributed by atoms with Crippen molar-refractivity contribution in [2.24, 2.45) is 0 Å². The number of rotatable bonds is 2. The molecular formula is C12H9F3N2O. The molecule has 0 N–H and O–H groups in total. The number of aryl methyl sites for hydroxylation is 1. The molecule has 0 aliphatic rings. The Morgan fingerprint density at radius 1 is 1.33 bits per heavy atom. The lowest BCUT2D eigenvalue weighted by molar-refractivity contribution is -0.145. The summed E-state index contributed by atoms with van der Waals surface area (Å²) in [6, 6.07) is 6.44. The normalized spacial score (nSPS) is 11.6. The molecule has 0 aliphatic heterocycles. The Morgan fingerprint density at radius 3 is 2.61 bits per heavy atom. The maximum atomic E-state index is 12.8. The average Bonchev–Trinajstić information content (AvgIpc) is 2.72. The van der Waals surface area contributed by atoms with Crippen molar-refractivity contribution in [2.75, 3.05) is 0 Å². The molecule has 0 amide bonds. The summed E-state index contributed by atoms with van der Waals surface area (Å²) in [6.45, 7) is 1.76. The van der Waals surface area contributed by atoms with E-state index in [1.165, 1.54) is 6.07 Å². The molecule has 0 saturated carbocycles. The van der Waals surface area contributed by atoms with Crippen LogP contribution < -0.4 is 0 Å². The van der Waals surface area contributed by atoms with Crippen molar-refractivity contribution in [3.63, 3.8) is 0 Å². The van der Waals surface area contributed by atoms with E-state index in [-0.39, 0.29) is 11.4 Å². The third kappa shape index (κ3) is 2.13. The Labute approximate surface area is 101 Å². The number of benzene rings is 1. The van der Waals surface area contributed by atoms with Crippen LogP contribution >= 0.6 is 0 Å². The second-order valence-corrected chi connectivity index (χ2v) is 3.80. The fraction of sp³-hybridized carbons (Fsp3) is 0.167. The molecule has 1 aromatic carbocycles. The van der Waals surface area contributed by atoms with E-state index in [0.29, 0.717) is 6.29 Å². The van der Waals surface area contributed by atoms with Crippen LogP contribution in [0.25, 0.3) is 5.69 Å². The van der Waals surface area contributed by atoms with Gasteiger partial charge in [-0.3, -0.25) is 9.36 Å². The highest BCUT2D eigenvalue weighted by molar-refractivity contribution is 5.73. The first-order valence-electron chi connectivity index (χ1n) is 5.10. The monoisotopic (exact) mass is 254 g/mol. The first-order valence-corrected chi connectivity index (χ1v) is 5.10. The first kappa shape index (κ1) is 12.3. The number of nitrogens with zero attached hydrogens (tertiary/aromatic N) is 2. The summed E-state index contributed by atoms with van der Waals surface area (Å²) in [5.74, 6) is -1.10. The van der Waals surface area contributed by atoms with Crippen molar-refractivity contribution < 1.29 is 18.0 Å². The van der Waals surface area contributed by atoms with E-state index in [0.717, 1.165) is 16.3 Å². The summed E-state index contributed by atoms with van der Waals surface area (Å²) in [5, 5.41) is 0. The summed E-state index contributed by atoms with van der Waals surface area (Å²) < 4.78 is 39.2. The molecule has 0 spiro atoms. The molecule has 0 aliphatic carbocycles. The molecule has 0 fully saturated rings. The highest BCUT2D eigenvalue weighted by Crippen LogP contribution is 2.30. The van der Waals surface area contributed by atoms with E-state index in [9.17, 15) is 18.0 Å². The molecule has 0 radical (unpaired) electrons. The number of carbonyl (C=O) groups excluding carboxylic acids is 1. The Kier molecular flexibility index (Phi) is 2.94. The van der Waals surface area contributed by atoms with Gasteiger partial charge in [0.2, 0.25) is 5.82 Å². The fourth-order valence-corrected chi connectivity index (χ4v) is 1.69. The van der Waals surface area contributed by atoms with Gasteiger partial charge in [0.1, 0.15) is 5.69 Å². The Hall–Kier alpha value is -2.11. The molecule has 1 heterocycles. The molecule has 0 saturated heterocycles. The third-order valence-electron chi connectivity index (χ3n) is 2.42. The van der Waals surface area contributed by atoms with Crippen LogP contribution in [0.2, 0.25) is 0 Å². The summed E-state index contributed by atoms with van der Waals surface area (Å²) in [5.41, 5.74) is 0.932. The Morgan fingerprint density at radius 2 is 2.06 bits per heavy atom. The number of aldehydes is 1. The van der Waals surface area contributed by atoms with Gasteiger partial charge in [0, 0.05) is 5.69 Å². The predicted octanol–water partition coefficient (Wildman–Crippen LogP) is 3.01. The van der Waals surface area contributed by atoms with Crippen LogP contribution in [-0.4, -0.2) is 15.8 Å². The predicted molar refractivity (Wildman–Crippen MR) is 58.7 cm³/mol. The molecule has 94 valence electrons. The summed E-state index contributed by atoms with van der Waals surface area (Å²) in [6.07, 6.45) is -3.34. The van der Waals surface area contributed by atoms with Gasteiger partial charge >= 0.3 is 6.18 Å². The van der Waals surface area contributed by atoms with Crippen LogP contribution in [0, 0.1) is 6.92 Å². The van der Waals surface area contributed by atoms with E-state index in [1.54, 1.807) is 25.1 Å². The van der Waals surface area contributed by atoms with Crippen LogP contribution in [0.1, 0.15) is 21.9 Å². The molecule has 6 heteroatoms. The topological polar surface area (TPSA) is 34.9 Å². The van der Waals surface area contributed by atoms with Crippen LogP contribution in [0.15, 0.2) is 30.5 Å². The standard InChI is InChI=1S/C12H9F3N2O/c1-8-3-2-4-9(5-8)17-10(7-18)6-16-11(17)12(13,14)15/h2-7H,1H3. The summed E-state index contributed by atoms with van der Waals surface area (Å²) in [4.78, 5) is 14.1. The quantitative estimate of drug-likeness (QED) is 0.772. The van der Waals surface area contributed by atoms with Gasteiger partial charge < -0.3 is 0 Å². The van der Waals surface area contributed by atoms with E-state index >= 15 is 0 Å². The number of imidazole rings is 1. The van der Waals surface area contributed by atoms with Gasteiger partial charge in [-0.15, -0.1) is 0 Å². The average molecular weight is 254 g/mol. The third-order valence-corrected chi connectivity index (χ3v) is 2.42. The highest BCUT2D eigenvalue weighted by Gasteiger charge is 2.37. The van der Waals surface area contributed by atoms with Crippen molar-refractivity contribution >= 4 is 6.29 Å². The fourth-order valence-electron chi connectivity index (χ4n) is 1.69. The number of carbonyl (C=O) groups is 1. The highest BCUT2D eigenvalue weighted by atomic mass is 19.4. The lowest BCUT2D eigenvalue weighted by Crippen LogP contribution is -2.15. The number of alkyl halides is 3. The van der Waals surface area contributed by atoms with Crippen LogP contribution in [0.3, 0.4) is 0 Å². The minimum Gasteiger partial charge on any atom is -0.296 e. The Bertz CT molecular complexity index is 587. The number of halogens is 3. The van der Waals surface area contributed by atoms with Crippen LogP contribution in [0.5, 0.6) is 0 Å². The van der Waals surface area contributed by atoms with Crippen molar-refractivity contribution in [3.8, 4) is 5.69 Å². The molecule has 0 atom stereocenters. The molecule has 2 aromatic rings. The number of aromatic nitrogens is 2. The molecule has 18 heavy (non-hydrogen) atoms. The molecule has 0 unspecified atom stereocenters.